The first kappa shape index (κ1) is 14.7. The number of hydrogen-bond acceptors (Lipinski definition) is 4. The van der Waals surface area contributed by atoms with Crippen molar-refractivity contribution in [1.82, 2.24) is 0 Å². The fraction of sp³-hybridized carbons (Fsp3) is 0. The molecule has 0 aliphatic heterocycles. The molecule has 0 aromatic heterocycles. The summed E-state index contributed by atoms with van der Waals surface area (Å²) in [5.74, 6) is 2.83. The highest BCUT2D eigenvalue weighted by Crippen LogP contribution is 2.27. The second kappa shape index (κ2) is 6.66. The van der Waals surface area contributed by atoms with E-state index in [1.807, 2.05) is 0 Å². The Morgan fingerprint density at radius 3 is 1.35 bits per heavy atom. The third kappa shape index (κ3) is 3.89. The van der Waals surface area contributed by atoms with E-state index < -0.39 is 0 Å². The number of rotatable bonds is 5. The van der Waals surface area contributed by atoms with Gasteiger partial charge in [0.1, 0.15) is 35.0 Å². The van der Waals surface area contributed by atoms with Crippen LogP contribution in [0.3, 0.4) is 0 Å². The van der Waals surface area contributed by atoms with Crippen molar-refractivity contribution in [2.24, 2.45) is 0 Å². The van der Waals surface area contributed by atoms with Crippen molar-refractivity contribution >= 4 is 6.29 Å². The van der Waals surface area contributed by atoms with Crippen molar-refractivity contribution in [2.75, 3.05) is 0 Å². The second-order valence-electron chi connectivity index (χ2n) is 4.86. The number of phenols is 1. The predicted octanol–water partition coefficient (Wildman–Crippen LogP) is 4.79. The zero-order valence-electron chi connectivity index (χ0n) is 12.2. The van der Waals surface area contributed by atoms with Crippen LogP contribution in [-0.4, -0.2) is 11.4 Å². The van der Waals surface area contributed by atoms with Gasteiger partial charge in [0.2, 0.25) is 0 Å². The fourth-order valence-electron chi connectivity index (χ4n) is 1.98. The molecule has 4 nitrogen and oxygen atoms in total. The molecule has 3 aromatic rings. The molecular formula is C19H14O4. The Labute approximate surface area is 133 Å². The number of aldehydes is 1. The monoisotopic (exact) mass is 306 g/mol. The minimum Gasteiger partial charge on any atom is -0.508 e. The third-order valence-corrected chi connectivity index (χ3v) is 3.15. The highest BCUT2D eigenvalue weighted by molar-refractivity contribution is 5.74. The van der Waals surface area contributed by atoms with Gasteiger partial charge in [0.15, 0.2) is 0 Å². The van der Waals surface area contributed by atoms with Gasteiger partial charge in [-0.1, -0.05) is 0 Å². The van der Waals surface area contributed by atoms with Crippen LogP contribution in [0.15, 0.2) is 72.8 Å². The Morgan fingerprint density at radius 1 is 0.609 bits per heavy atom. The van der Waals surface area contributed by atoms with E-state index in [0.29, 0.717) is 28.6 Å². The lowest BCUT2D eigenvalue weighted by atomic mass is 10.2. The first-order valence-corrected chi connectivity index (χ1v) is 7.03. The van der Waals surface area contributed by atoms with Gasteiger partial charge in [0, 0.05) is 5.56 Å². The topological polar surface area (TPSA) is 55.8 Å². The van der Waals surface area contributed by atoms with E-state index in [9.17, 15) is 9.90 Å². The van der Waals surface area contributed by atoms with E-state index in [4.69, 9.17) is 9.47 Å². The first-order chi connectivity index (χ1) is 11.2. The van der Waals surface area contributed by atoms with E-state index in [1.54, 1.807) is 72.8 Å². The molecule has 3 aromatic carbocycles. The Hall–Kier alpha value is -3.27. The summed E-state index contributed by atoms with van der Waals surface area (Å²) in [7, 11) is 0. The first-order valence-electron chi connectivity index (χ1n) is 7.03. The molecule has 114 valence electrons. The van der Waals surface area contributed by atoms with Crippen LogP contribution in [0.5, 0.6) is 28.7 Å². The summed E-state index contributed by atoms with van der Waals surface area (Å²) < 4.78 is 11.4. The number of hydrogen-bond donors (Lipinski definition) is 1. The molecule has 0 fully saturated rings. The third-order valence-electron chi connectivity index (χ3n) is 3.15. The second-order valence-corrected chi connectivity index (χ2v) is 4.86. The standard InChI is InChI=1S/C19H14O4/c20-13-14-1-5-16(6-2-14)22-18-9-11-19(12-10-18)23-17-7-3-15(21)4-8-17/h1-13,21H. The van der Waals surface area contributed by atoms with E-state index in [1.165, 1.54) is 0 Å². The van der Waals surface area contributed by atoms with E-state index in [0.717, 1.165) is 6.29 Å². The maximum absolute atomic E-state index is 10.6. The molecular weight excluding hydrogens is 292 g/mol. The van der Waals surface area contributed by atoms with Gasteiger partial charge in [-0.05, 0) is 72.8 Å². The number of aromatic hydroxyl groups is 1. The van der Waals surface area contributed by atoms with Crippen molar-refractivity contribution < 1.29 is 19.4 Å². The van der Waals surface area contributed by atoms with Crippen molar-refractivity contribution in [3.8, 4) is 28.7 Å². The Kier molecular flexibility index (Phi) is 4.25. The number of carbonyl (C=O) groups excluding carboxylic acids is 1. The summed E-state index contributed by atoms with van der Waals surface area (Å²) in [5.41, 5.74) is 0.606. The predicted molar refractivity (Wildman–Crippen MR) is 86.5 cm³/mol. The Bertz CT molecular complexity index is 775. The molecule has 0 atom stereocenters. The quantitative estimate of drug-likeness (QED) is 0.689. The van der Waals surface area contributed by atoms with Crippen LogP contribution in [0, 0.1) is 0 Å². The molecule has 1 N–H and O–H groups in total. The van der Waals surface area contributed by atoms with Gasteiger partial charge in [-0.3, -0.25) is 4.79 Å². The van der Waals surface area contributed by atoms with Gasteiger partial charge in [-0.2, -0.15) is 0 Å². The molecule has 0 saturated carbocycles. The zero-order valence-corrected chi connectivity index (χ0v) is 12.2. The lowest BCUT2D eigenvalue weighted by Crippen LogP contribution is -1.87. The van der Waals surface area contributed by atoms with E-state index >= 15 is 0 Å². The van der Waals surface area contributed by atoms with Crippen LogP contribution in [0.25, 0.3) is 0 Å². The van der Waals surface area contributed by atoms with Gasteiger partial charge < -0.3 is 14.6 Å². The van der Waals surface area contributed by atoms with Gasteiger partial charge in [-0.15, -0.1) is 0 Å². The molecule has 0 aliphatic carbocycles. The summed E-state index contributed by atoms with van der Waals surface area (Å²) in [6.45, 7) is 0. The smallest absolute Gasteiger partial charge is 0.150 e. The molecule has 0 unspecified atom stereocenters. The molecule has 0 aliphatic rings. The summed E-state index contributed by atoms with van der Waals surface area (Å²) in [5, 5.41) is 9.24. The number of phenolic OH excluding ortho intramolecular Hbond substituents is 1. The van der Waals surface area contributed by atoms with Crippen LogP contribution >= 0.6 is 0 Å². The van der Waals surface area contributed by atoms with Crippen LogP contribution < -0.4 is 9.47 Å². The van der Waals surface area contributed by atoms with E-state index in [2.05, 4.69) is 0 Å². The highest BCUT2D eigenvalue weighted by atomic mass is 16.5. The van der Waals surface area contributed by atoms with Gasteiger partial charge in [0.05, 0.1) is 0 Å². The molecule has 0 spiro atoms. The molecule has 0 bridgehead atoms. The molecule has 0 amide bonds. The van der Waals surface area contributed by atoms with Crippen molar-refractivity contribution in [2.45, 2.75) is 0 Å². The van der Waals surface area contributed by atoms with Crippen LogP contribution in [0.4, 0.5) is 0 Å². The summed E-state index contributed by atoms with van der Waals surface area (Å²) >= 11 is 0. The summed E-state index contributed by atoms with van der Waals surface area (Å²) in [6.07, 6.45) is 0.791. The van der Waals surface area contributed by atoms with Crippen molar-refractivity contribution in [1.29, 1.82) is 0 Å². The number of benzene rings is 3. The number of ether oxygens (including phenoxy) is 2. The lowest BCUT2D eigenvalue weighted by molar-refractivity contribution is 0.112. The van der Waals surface area contributed by atoms with Crippen molar-refractivity contribution in [3.05, 3.63) is 78.4 Å². The van der Waals surface area contributed by atoms with Crippen LogP contribution in [-0.2, 0) is 0 Å². The minimum absolute atomic E-state index is 0.196. The number of carbonyl (C=O) groups is 1. The largest absolute Gasteiger partial charge is 0.508 e. The molecule has 0 saturated heterocycles. The highest BCUT2D eigenvalue weighted by Gasteiger charge is 2.01. The van der Waals surface area contributed by atoms with Crippen LogP contribution in [0.1, 0.15) is 10.4 Å². The molecule has 23 heavy (non-hydrogen) atoms. The normalized spacial score (nSPS) is 10.1. The maximum Gasteiger partial charge on any atom is 0.150 e. The Balaban J connectivity index is 1.66. The summed E-state index contributed by atoms with van der Waals surface area (Å²) in [4.78, 5) is 10.6. The molecule has 0 heterocycles. The lowest BCUT2D eigenvalue weighted by Gasteiger charge is -2.08. The minimum atomic E-state index is 0.196. The average molecular weight is 306 g/mol. The fourth-order valence-corrected chi connectivity index (χ4v) is 1.98. The SMILES string of the molecule is O=Cc1ccc(Oc2ccc(Oc3ccc(O)cc3)cc2)cc1. The average Bonchev–Trinajstić information content (AvgIpc) is 2.59. The maximum atomic E-state index is 10.6. The molecule has 4 heteroatoms. The van der Waals surface area contributed by atoms with Crippen molar-refractivity contribution in [3.63, 3.8) is 0 Å². The Morgan fingerprint density at radius 2 is 0.957 bits per heavy atom. The van der Waals surface area contributed by atoms with Gasteiger partial charge >= 0.3 is 0 Å². The summed E-state index contributed by atoms with van der Waals surface area (Å²) in [6, 6.07) is 20.6. The van der Waals surface area contributed by atoms with Crippen LogP contribution in [0.2, 0.25) is 0 Å². The van der Waals surface area contributed by atoms with Gasteiger partial charge in [-0.25, -0.2) is 0 Å². The zero-order chi connectivity index (χ0) is 16.1. The molecule has 0 radical (unpaired) electrons. The van der Waals surface area contributed by atoms with E-state index in [-0.39, 0.29) is 5.75 Å². The molecule has 3 rings (SSSR count). The van der Waals surface area contributed by atoms with Gasteiger partial charge in [0.25, 0.3) is 0 Å².